The lowest BCUT2D eigenvalue weighted by atomic mass is 9.97. The maximum absolute atomic E-state index is 10.6. The van der Waals surface area contributed by atoms with E-state index in [-0.39, 0.29) is 12.0 Å². The van der Waals surface area contributed by atoms with Crippen LogP contribution in [-0.2, 0) is 4.79 Å². The molecule has 3 nitrogen and oxygen atoms in total. The molecule has 1 fully saturated rings. The number of carbonyl (C=O) groups is 1. The van der Waals surface area contributed by atoms with Crippen LogP contribution in [0.15, 0.2) is 0 Å². The number of quaternary nitrogens is 1. The van der Waals surface area contributed by atoms with Crippen LogP contribution in [0, 0.1) is 11.8 Å². The van der Waals surface area contributed by atoms with Crippen LogP contribution in [0.1, 0.15) is 26.2 Å². The van der Waals surface area contributed by atoms with Gasteiger partial charge in [0.15, 0.2) is 0 Å². The lowest BCUT2D eigenvalue weighted by Gasteiger charge is -2.12. The molecule has 0 saturated heterocycles. The van der Waals surface area contributed by atoms with Crippen molar-refractivity contribution in [2.45, 2.75) is 32.2 Å². The third-order valence-corrected chi connectivity index (χ3v) is 2.81. The summed E-state index contributed by atoms with van der Waals surface area (Å²) in [5, 5.41) is 8.76. The van der Waals surface area contributed by atoms with E-state index in [9.17, 15) is 4.79 Å². The van der Waals surface area contributed by atoms with E-state index in [4.69, 9.17) is 5.11 Å². The minimum Gasteiger partial charge on any atom is -0.481 e. The summed E-state index contributed by atoms with van der Waals surface area (Å²) in [7, 11) is 0. The predicted molar refractivity (Wildman–Crippen MR) is 40.8 cm³/mol. The van der Waals surface area contributed by atoms with Crippen LogP contribution in [0.5, 0.6) is 0 Å². The normalized spacial score (nSPS) is 37.5. The first-order chi connectivity index (χ1) is 5.16. The van der Waals surface area contributed by atoms with Crippen molar-refractivity contribution < 1.29 is 15.6 Å². The van der Waals surface area contributed by atoms with Gasteiger partial charge in [-0.15, -0.1) is 0 Å². The van der Waals surface area contributed by atoms with Crippen molar-refractivity contribution >= 4 is 5.97 Å². The van der Waals surface area contributed by atoms with E-state index in [0.29, 0.717) is 5.92 Å². The van der Waals surface area contributed by atoms with Gasteiger partial charge >= 0.3 is 5.97 Å². The Kier molecular flexibility index (Phi) is 2.49. The zero-order valence-corrected chi connectivity index (χ0v) is 6.92. The summed E-state index contributed by atoms with van der Waals surface area (Å²) >= 11 is 0. The molecular weight excluding hydrogens is 142 g/mol. The molecule has 0 radical (unpaired) electrons. The third kappa shape index (κ3) is 1.53. The SMILES string of the molecule is CC[C@@H]1CC[C@H](C(=O)O)[C@H]1[NH3+]. The van der Waals surface area contributed by atoms with Crippen molar-refractivity contribution in [1.29, 1.82) is 0 Å². The Hall–Kier alpha value is -0.570. The number of rotatable bonds is 2. The van der Waals surface area contributed by atoms with Crippen LogP contribution in [-0.4, -0.2) is 17.1 Å². The molecule has 0 aromatic carbocycles. The van der Waals surface area contributed by atoms with Gasteiger partial charge in [0.2, 0.25) is 0 Å². The lowest BCUT2D eigenvalue weighted by Crippen LogP contribution is -2.66. The van der Waals surface area contributed by atoms with Gasteiger partial charge in [-0.3, -0.25) is 4.79 Å². The number of carboxylic acids is 1. The summed E-state index contributed by atoms with van der Waals surface area (Å²) in [5.41, 5.74) is 3.91. The Balaban J connectivity index is 2.55. The summed E-state index contributed by atoms with van der Waals surface area (Å²) in [6.45, 7) is 2.10. The third-order valence-electron chi connectivity index (χ3n) is 2.81. The molecule has 0 aromatic heterocycles. The maximum Gasteiger partial charge on any atom is 0.312 e. The van der Waals surface area contributed by atoms with Gasteiger partial charge in [-0.2, -0.15) is 0 Å². The van der Waals surface area contributed by atoms with Gasteiger partial charge in [0, 0.05) is 5.92 Å². The fourth-order valence-corrected chi connectivity index (χ4v) is 1.96. The molecule has 0 amide bonds. The summed E-state index contributed by atoms with van der Waals surface area (Å²) in [6.07, 6.45) is 2.93. The molecule has 0 spiro atoms. The molecule has 0 bridgehead atoms. The molecule has 3 atom stereocenters. The van der Waals surface area contributed by atoms with Gasteiger partial charge in [-0.1, -0.05) is 6.92 Å². The highest BCUT2D eigenvalue weighted by Gasteiger charge is 2.39. The first-order valence-corrected chi connectivity index (χ1v) is 4.22. The second kappa shape index (κ2) is 3.22. The van der Waals surface area contributed by atoms with Gasteiger partial charge in [-0.25, -0.2) is 0 Å². The Morgan fingerprint density at radius 1 is 1.64 bits per heavy atom. The number of carboxylic acid groups (broad SMARTS) is 1. The molecule has 3 heteroatoms. The molecule has 1 aliphatic rings. The average Bonchev–Trinajstić information content (AvgIpc) is 2.30. The van der Waals surface area contributed by atoms with E-state index < -0.39 is 5.97 Å². The van der Waals surface area contributed by atoms with Gasteiger partial charge in [-0.05, 0) is 19.3 Å². The summed E-state index contributed by atoms with van der Waals surface area (Å²) in [4.78, 5) is 10.6. The quantitative estimate of drug-likeness (QED) is 0.599. The van der Waals surface area contributed by atoms with Crippen LogP contribution >= 0.6 is 0 Å². The zero-order chi connectivity index (χ0) is 8.43. The minimum atomic E-state index is -0.666. The van der Waals surface area contributed by atoms with Gasteiger partial charge in [0.25, 0.3) is 0 Å². The first kappa shape index (κ1) is 8.53. The van der Waals surface area contributed by atoms with Crippen LogP contribution in [0.2, 0.25) is 0 Å². The fourth-order valence-electron chi connectivity index (χ4n) is 1.96. The zero-order valence-electron chi connectivity index (χ0n) is 6.92. The fraction of sp³-hybridized carbons (Fsp3) is 0.875. The molecule has 0 aromatic rings. The second-order valence-electron chi connectivity index (χ2n) is 3.35. The van der Waals surface area contributed by atoms with Gasteiger partial charge in [0.1, 0.15) is 12.0 Å². The standard InChI is InChI=1S/C8H15NO2/c1-2-5-3-4-6(7(5)9)8(10)11/h5-7H,2-4,9H2,1H3,(H,10,11)/p+1/t5-,6+,7+/m1/s1. The Bertz CT molecular complexity index is 158. The van der Waals surface area contributed by atoms with E-state index in [0.717, 1.165) is 19.3 Å². The van der Waals surface area contributed by atoms with Crippen molar-refractivity contribution in [2.24, 2.45) is 11.8 Å². The highest BCUT2D eigenvalue weighted by atomic mass is 16.4. The Labute approximate surface area is 66.6 Å². The van der Waals surface area contributed by atoms with Gasteiger partial charge < -0.3 is 10.8 Å². The highest BCUT2D eigenvalue weighted by Crippen LogP contribution is 2.30. The number of hydrogen-bond acceptors (Lipinski definition) is 1. The highest BCUT2D eigenvalue weighted by molar-refractivity contribution is 5.71. The summed E-state index contributed by atoms with van der Waals surface area (Å²) < 4.78 is 0. The minimum absolute atomic E-state index is 0.137. The Morgan fingerprint density at radius 2 is 2.27 bits per heavy atom. The molecule has 0 unspecified atom stereocenters. The molecule has 64 valence electrons. The van der Waals surface area contributed by atoms with Crippen molar-refractivity contribution in [3.05, 3.63) is 0 Å². The smallest absolute Gasteiger partial charge is 0.312 e. The molecule has 0 heterocycles. The van der Waals surface area contributed by atoms with Crippen LogP contribution < -0.4 is 5.73 Å². The maximum atomic E-state index is 10.6. The Morgan fingerprint density at radius 3 is 2.55 bits per heavy atom. The van der Waals surface area contributed by atoms with E-state index in [1.54, 1.807) is 0 Å². The summed E-state index contributed by atoms with van der Waals surface area (Å²) in [5.74, 6) is -0.308. The molecule has 4 N–H and O–H groups in total. The number of aliphatic carboxylic acids is 1. The van der Waals surface area contributed by atoms with Crippen LogP contribution in [0.3, 0.4) is 0 Å². The predicted octanol–water partition coefficient (Wildman–Crippen LogP) is 0.118. The van der Waals surface area contributed by atoms with Crippen molar-refractivity contribution in [3.8, 4) is 0 Å². The van der Waals surface area contributed by atoms with Crippen LogP contribution in [0.25, 0.3) is 0 Å². The largest absolute Gasteiger partial charge is 0.481 e. The van der Waals surface area contributed by atoms with Crippen molar-refractivity contribution in [3.63, 3.8) is 0 Å². The average molecular weight is 158 g/mol. The molecular formula is C8H16NO2+. The lowest BCUT2D eigenvalue weighted by molar-refractivity contribution is -0.436. The molecule has 0 aliphatic heterocycles. The molecule has 1 aliphatic carbocycles. The van der Waals surface area contributed by atoms with Crippen molar-refractivity contribution in [2.75, 3.05) is 0 Å². The monoisotopic (exact) mass is 158 g/mol. The number of hydrogen-bond donors (Lipinski definition) is 2. The molecule has 1 rings (SSSR count). The molecule has 11 heavy (non-hydrogen) atoms. The summed E-state index contributed by atoms with van der Waals surface area (Å²) in [6, 6.07) is 0.137. The first-order valence-electron chi connectivity index (χ1n) is 4.22. The molecule has 1 saturated carbocycles. The van der Waals surface area contributed by atoms with E-state index in [1.807, 2.05) is 0 Å². The van der Waals surface area contributed by atoms with Crippen molar-refractivity contribution in [1.82, 2.24) is 0 Å². The van der Waals surface area contributed by atoms with Crippen LogP contribution in [0.4, 0.5) is 0 Å². The topological polar surface area (TPSA) is 64.9 Å². The second-order valence-corrected chi connectivity index (χ2v) is 3.35. The van der Waals surface area contributed by atoms with Gasteiger partial charge in [0.05, 0.1) is 0 Å². The van der Waals surface area contributed by atoms with E-state index in [1.165, 1.54) is 0 Å². The van der Waals surface area contributed by atoms with E-state index >= 15 is 0 Å². The van der Waals surface area contributed by atoms with E-state index in [2.05, 4.69) is 12.7 Å².